The Morgan fingerprint density at radius 1 is 1.46 bits per heavy atom. The van der Waals surface area contributed by atoms with Crippen molar-refractivity contribution in [2.24, 2.45) is 5.92 Å². The summed E-state index contributed by atoms with van der Waals surface area (Å²) in [5, 5.41) is 0. The van der Waals surface area contributed by atoms with Gasteiger partial charge < -0.3 is 0 Å². The molecular weight excluding hydrogens is 165 g/mol. The average Bonchev–Trinajstić information content (AvgIpc) is 2.65. The standard InChI is InChI=1S/C11H20FN/c1-9(2)7-11(4-5-11)13-6-3-10(12)8-13/h9-10H,3-8H2,1-2H3. The van der Waals surface area contributed by atoms with Crippen molar-refractivity contribution in [3.05, 3.63) is 0 Å². The Bertz CT molecular complexity index is 187. The zero-order valence-corrected chi connectivity index (χ0v) is 8.72. The van der Waals surface area contributed by atoms with E-state index in [4.69, 9.17) is 0 Å². The third-order valence-electron chi connectivity index (χ3n) is 3.42. The van der Waals surface area contributed by atoms with Crippen LogP contribution in [0, 0.1) is 5.92 Å². The normalized spacial score (nSPS) is 32.8. The molecule has 2 rings (SSSR count). The van der Waals surface area contributed by atoms with Crippen LogP contribution in [-0.4, -0.2) is 29.7 Å². The minimum Gasteiger partial charge on any atom is -0.295 e. The molecule has 1 aliphatic heterocycles. The van der Waals surface area contributed by atoms with Gasteiger partial charge in [-0.25, -0.2) is 4.39 Å². The van der Waals surface area contributed by atoms with E-state index < -0.39 is 6.17 Å². The number of nitrogens with zero attached hydrogens (tertiary/aromatic N) is 1. The highest BCUT2D eigenvalue weighted by Crippen LogP contribution is 2.48. The first-order valence-electron chi connectivity index (χ1n) is 5.51. The first-order chi connectivity index (χ1) is 6.12. The Kier molecular flexibility index (Phi) is 2.35. The van der Waals surface area contributed by atoms with Crippen molar-refractivity contribution in [1.29, 1.82) is 0 Å². The second-order valence-electron chi connectivity index (χ2n) is 5.15. The maximum absolute atomic E-state index is 13.0. The van der Waals surface area contributed by atoms with Crippen LogP contribution in [0.3, 0.4) is 0 Å². The summed E-state index contributed by atoms with van der Waals surface area (Å²) in [4.78, 5) is 2.40. The zero-order chi connectivity index (χ0) is 9.47. The van der Waals surface area contributed by atoms with Crippen LogP contribution in [0.15, 0.2) is 0 Å². The minimum absolute atomic E-state index is 0.426. The zero-order valence-electron chi connectivity index (χ0n) is 8.72. The van der Waals surface area contributed by atoms with E-state index in [9.17, 15) is 4.39 Å². The van der Waals surface area contributed by atoms with Crippen molar-refractivity contribution in [3.63, 3.8) is 0 Å². The Balaban J connectivity index is 1.92. The van der Waals surface area contributed by atoms with Crippen LogP contribution in [0.4, 0.5) is 4.39 Å². The van der Waals surface area contributed by atoms with Gasteiger partial charge in [0.05, 0.1) is 0 Å². The van der Waals surface area contributed by atoms with Crippen LogP contribution in [0.5, 0.6) is 0 Å². The molecule has 0 aromatic rings. The van der Waals surface area contributed by atoms with E-state index in [2.05, 4.69) is 18.7 Å². The lowest BCUT2D eigenvalue weighted by molar-refractivity contribution is 0.176. The fraction of sp³-hybridized carbons (Fsp3) is 1.00. The summed E-state index contributed by atoms with van der Waals surface area (Å²) in [7, 11) is 0. The maximum atomic E-state index is 13.0. The largest absolute Gasteiger partial charge is 0.295 e. The Labute approximate surface area is 80.3 Å². The molecule has 1 saturated carbocycles. The molecule has 2 heteroatoms. The number of rotatable bonds is 3. The van der Waals surface area contributed by atoms with Crippen LogP contribution >= 0.6 is 0 Å². The molecule has 2 aliphatic rings. The van der Waals surface area contributed by atoms with Gasteiger partial charge in [-0.15, -0.1) is 0 Å². The van der Waals surface area contributed by atoms with Gasteiger partial charge in [0.15, 0.2) is 0 Å². The van der Waals surface area contributed by atoms with Crippen LogP contribution < -0.4 is 0 Å². The Morgan fingerprint density at radius 3 is 2.54 bits per heavy atom. The molecule has 1 saturated heterocycles. The molecule has 13 heavy (non-hydrogen) atoms. The lowest BCUT2D eigenvalue weighted by Gasteiger charge is -2.28. The Hall–Kier alpha value is -0.110. The van der Waals surface area contributed by atoms with Gasteiger partial charge in [-0.1, -0.05) is 13.8 Å². The van der Waals surface area contributed by atoms with Crippen molar-refractivity contribution in [2.45, 2.75) is 51.2 Å². The van der Waals surface area contributed by atoms with Crippen molar-refractivity contribution < 1.29 is 4.39 Å². The van der Waals surface area contributed by atoms with Crippen molar-refractivity contribution in [2.75, 3.05) is 13.1 Å². The SMILES string of the molecule is CC(C)CC1(N2CCC(F)C2)CC1. The number of alkyl halides is 1. The van der Waals surface area contributed by atoms with E-state index in [1.165, 1.54) is 19.3 Å². The van der Waals surface area contributed by atoms with Crippen molar-refractivity contribution >= 4 is 0 Å². The van der Waals surface area contributed by atoms with Crippen LogP contribution in [0.1, 0.15) is 39.5 Å². The van der Waals surface area contributed by atoms with E-state index in [1.54, 1.807) is 0 Å². The van der Waals surface area contributed by atoms with Gasteiger partial charge in [-0.3, -0.25) is 4.90 Å². The molecule has 0 spiro atoms. The fourth-order valence-corrected chi connectivity index (χ4v) is 2.70. The quantitative estimate of drug-likeness (QED) is 0.653. The second kappa shape index (κ2) is 3.23. The van der Waals surface area contributed by atoms with E-state index in [-0.39, 0.29) is 0 Å². The molecule has 76 valence electrons. The molecule has 0 aromatic heterocycles. The molecule has 2 fully saturated rings. The summed E-state index contributed by atoms with van der Waals surface area (Å²) in [6.45, 7) is 6.23. The van der Waals surface area contributed by atoms with Gasteiger partial charge in [0.25, 0.3) is 0 Å². The molecule has 0 amide bonds. The van der Waals surface area contributed by atoms with E-state index in [0.717, 1.165) is 18.9 Å². The molecule has 1 aliphatic carbocycles. The van der Waals surface area contributed by atoms with Crippen LogP contribution in [-0.2, 0) is 0 Å². The molecule has 1 atom stereocenters. The van der Waals surface area contributed by atoms with Gasteiger partial charge in [-0.2, -0.15) is 0 Å². The number of halogens is 1. The highest BCUT2D eigenvalue weighted by Gasteiger charge is 2.49. The first-order valence-corrected chi connectivity index (χ1v) is 5.51. The lowest BCUT2D eigenvalue weighted by Crippen LogP contribution is -2.36. The van der Waals surface area contributed by atoms with Crippen LogP contribution in [0.25, 0.3) is 0 Å². The third-order valence-corrected chi connectivity index (χ3v) is 3.42. The van der Waals surface area contributed by atoms with E-state index in [1.807, 2.05) is 0 Å². The molecule has 0 radical (unpaired) electrons. The lowest BCUT2D eigenvalue weighted by atomic mass is 10.0. The highest BCUT2D eigenvalue weighted by atomic mass is 19.1. The summed E-state index contributed by atoms with van der Waals surface area (Å²) < 4.78 is 13.0. The van der Waals surface area contributed by atoms with E-state index >= 15 is 0 Å². The van der Waals surface area contributed by atoms with Gasteiger partial charge in [0.1, 0.15) is 6.17 Å². The molecule has 1 unspecified atom stereocenters. The molecule has 1 nitrogen and oxygen atoms in total. The summed E-state index contributed by atoms with van der Waals surface area (Å²) in [6.07, 6.45) is 4.08. The minimum atomic E-state index is -0.551. The molecular formula is C11H20FN. The summed E-state index contributed by atoms with van der Waals surface area (Å²) in [5.74, 6) is 0.751. The monoisotopic (exact) mass is 185 g/mol. The van der Waals surface area contributed by atoms with Gasteiger partial charge in [-0.05, 0) is 31.6 Å². The molecule has 0 bridgehead atoms. The topological polar surface area (TPSA) is 3.24 Å². The molecule has 0 N–H and O–H groups in total. The highest BCUT2D eigenvalue weighted by molar-refractivity contribution is 5.06. The fourth-order valence-electron chi connectivity index (χ4n) is 2.70. The third kappa shape index (κ3) is 1.88. The Morgan fingerprint density at radius 2 is 2.15 bits per heavy atom. The summed E-state index contributed by atoms with van der Waals surface area (Å²) in [6, 6.07) is 0. The predicted molar refractivity (Wildman–Crippen MR) is 52.5 cm³/mol. The predicted octanol–water partition coefficient (Wildman–Crippen LogP) is 2.61. The first kappa shape index (κ1) is 9.45. The molecule has 1 heterocycles. The van der Waals surface area contributed by atoms with Gasteiger partial charge in [0, 0.05) is 18.6 Å². The van der Waals surface area contributed by atoms with Crippen molar-refractivity contribution in [3.8, 4) is 0 Å². The summed E-state index contributed by atoms with van der Waals surface area (Å²) in [5.41, 5.74) is 0.426. The van der Waals surface area contributed by atoms with Crippen molar-refractivity contribution in [1.82, 2.24) is 4.90 Å². The number of likely N-dealkylation sites (tertiary alicyclic amines) is 1. The second-order valence-corrected chi connectivity index (χ2v) is 5.15. The average molecular weight is 185 g/mol. The van der Waals surface area contributed by atoms with Crippen LogP contribution in [0.2, 0.25) is 0 Å². The number of hydrogen-bond donors (Lipinski definition) is 0. The maximum Gasteiger partial charge on any atom is 0.114 e. The van der Waals surface area contributed by atoms with E-state index in [0.29, 0.717) is 12.1 Å². The smallest absolute Gasteiger partial charge is 0.114 e. The van der Waals surface area contributed by atoms with Gasteiger partial charge >= 0.3 is 0 Å². The number of hydrogen-bond acceptors (Lipinski definition) is 1. The molecule has 0 aromatic carbocycles. The van der Waals surface area contributed by atoms with Gasteiger partial charge in [0.2, 0.25) is 0 Å². The summed E-state index contributed by atoms with van der Waals surface area (Å²) >= 11 is 0.